The van der Waals surface area contributed by atoms with Gasteiger partial charge in [0, 0.05) is 5.56 Å². The minimum absolute atomic E-state index is 0.674. The Labute approximate surface area is 98.3 Å². The summed E-state index contributed by atoms with van der Waals surface area (Å²) in [6.07, 6.45) is 0. The van der Waals surface area contributed by atoms with Gasteiger partial charge in [-0.25, -0.2) is 5.10 Å². The Morgan fingerprint density at radius 2 is 1.71 bits per heavy atom. The third kappa shape index (κ3) is 1.80. The normalized spacial score (nSPS) is 10.4. The second-order valence-corrected chi connectivity index (χ2v) is 3.58. The highest BCUT2D eigenvalue weighted by atomic mass is 15.5. The molecule has 0 amide bonds. The van der Waals surface area contributed by atoms with E-state index in [4.69, 9.17) is 0 Å². The van der Waals surface area contributed by atoms with Gasteiger partial charge in [0.2, 0.25) is 0 Å². The van der Waals surface area contributed by atoms with Gasteiger partial charge in [0.15, 0.2) is 5.82 Å². The second kappa shape index (κ2) is 4.17. The molecule has 2 aromatic carbocycles. The third-order valence-electron chi connectivity index (χ3n) is 2.56. The molecule has 1 aromatic heterocycles. The number of hydrogen-bond donors (Lipinski definition) is 1. The number of benzene rings is 2. The molecule has 0 aliphatic heterocycles. The molecule has 0 fully saturated rings. The van der Waals surface area contributed by atoms with Crippen LogP contribution < -0.4 is 0 Å². The molecule has 4 nitrogen and oxygen atoms in total. The van der Waals surface area contributed by atoms with E-state index in [1.165, 1.54) is 0 Å². The Kier molecular flexibility index (Phi) is 2.38. The maximum atomic E-state index is 3.95. The molecule has 17 heavy (non-hydrogen) atoms. The maximum Gasteiger partial charge on any atom is 0.180 e. The summed E-state index contributed by atoms with van der Waals surface area (Å²) in [7, 11) is 0. The average Bonchev–Trinajstić information content (AvgIpc) is 2.94. The number of aromatic nitrogens is 4. The first-order valence-electron chi connectivity index (χ1n) is 5.25. The molecule has 0 bridgehead atoms. The van der Waals surface area contributed by atoms with E-state index < -0.39 is 0 Å². The van der Waals surface area contributed by atoms with Crippen LogP contribution in [0.15, 0.2) is 48.5 Å². The first kappa shape index (κ1) is 9.72. The molecule has 1 N–H and O–H groups in total. The van der Waals surface area contributed by atoms with Gasteiger partial charge in [-0.15, -0.1) is 5.10 Å². The molecule has 3 rings (SSSR count). The number of rotatable bonds is 2. The lowest BCUT2D eigenvalue weighted by molar-refractivity contribution is 0.881. The van der Waals surface area contributed by atoms with Gasteiger partial charge in [-0.2, -0.15) is 0 Å². The topological polar surface area (TPSA) is 54.5 Å². The van der Waals surface area contributed by atoms with Crippen LogP contribution in [0.5, 0.6) is 0 Å². The second-order valence-electron chi connectivity index (χ2n) is 3.58. The van der Waals surface area contributed by atoms with Crippen molar-refractivity contribution in [2.24, 2.45) is 0 Å². The van der Waals surface area contributed by atoms with E-state index in [0.29, 0.717) is 5.82 Å². The molecule has 4 heteroatoms. The van der Waals surface area contributed by atoms with Crippen LogP contribution in [0.1, 0.15) is 0 Å². The largest absolute Gasteiger partial charge is 0.239 e. The quantitative estimate of drug-likeness (QED) is 0.722. The summed E-state index contributed by atoms with van der Waals surface area (Å²) < 4.78 is 0. The molecule has 0 aliphatic carbocycles. The highest BCUT2D eigenvalue weighted by Gasteiger charge is 2.08. The summed E-state index contributed by atoms with van der Waals surface area (Å²) in [6, 6.07) is 18.8. The number of hydrogen-bond acceptors (Lipinski definition) is 3. The van der Waals surface area contributed by atoms with Gasteiger partial charge in [0.05, 0.1) is 0 Å². The molecule has 0 aliphatic rings. The van der Waals surface area contributed by atoms with Crippen molar-refractivity contribution >= 4 is 0 Å². The van der Waals surface area contributed by atoms with Crippen molar-refractivity contribution in [1.82, 2.24) is 20.6 Å². The van der Waals surface area contributed by atoms with E-state index >= 15 is 0 Å². The Morgan fingerprint density at radius 3 is 2.41 bits per heavy atom. The van der Waals surface area contributed by atoms with E-state index in [2.05, 4.69) is 26.7 Å². The summed E-state index contributed by atoms with van der Waals surface area (Å²) in [5.74, 6) is 0.674. The van der Waals surface area contributed by atoms with Gasteiger partial charge < -0.3 is 0 Å². The van der Waals surface area contributed by atoms with Crippen molar-refractivity contribution in [2.75, 3.05) is 0 Å². The predicted molar refractivity (Wildman–Crippen MR) is 63.9 cm³/mol. The molecule has 0 spiro atoms. The standard InChI is InChI=1S/C13H9N4/c1-2-6-10(7-3-1)11-8-4-5-9-12(11)13-14-16-17-15-13/h2-9H,(H,14,15,16,17). The van der Waals surface area contributed by atoms with Crippen molar-refractivity contribution in [1.29, 1.82) is 0 Å². The Balaban J connectivity index is 2.18. The monoisotopic (exact) mass is 221 g/mol. The SMILES string of the molecule is [c]1ccc(-c2ccccc2-c2nnn[nH]2)cc1. The number of H-pyrrole nitrogens is 1. The smallest absolute Gasteiger partial charge is 0.180 e. The number of aromatic amines is 1. The summed E-state index contributed by atoms with van der Waals surface area (Å²) in [5, 5.41) is 13.9. The van der Waals surface area contributed by atoms with Crippen molar-refractivity contribution in [3.63, 3.8) is 0 Å². The van der Waals surface area contributed by atoms with E-state index in [-0.39, 0.29) is 0 Å². The van der Waals surface area contributed by atoms with Gasteiger partial charge in [-0.3, -0.25) is 0 Å². The zero-order chi connectivity index (χ0) is 11.5. The van der Waals surface area contributed by atoms with E-state index in [1.54, 1.807) is 0 Å². The molecule has 0 saturated carbocycles. The van der Waals surface area contributed by atoms with Crippen LogP contribution in [0.25, 0.3) is 22.5 Å². The van der Waals surface area contributed by atoms with Gasteiger partial charge >= 0.3 is 0 Å². The Hall–Kier alpha value is -2.49. The first-order chi connectivity index (χ1) is 8.45. The van der Waals surface area contributed by atoms with Crippen molar-refractivity contribution in [3.8, 4) is 22.5 Å². The molecule has 0 atom stereocenters. The van der Waals surface area contributed by atoms with Crippen molar-refractivity contribution in [3.05, 3.63) is 54.6 Å². The van der Waals surface area contributed by atoms with Gasteiger partial charge in [0.25, 0.3) is 0 Å². The summed E-state index contributed by atoms with van der Waals surface area (Å²) in [6.45, 7) is 0. The van der Waals surface area contributed by atoms with Crippen LogP contribution in [0.2, 0.25) is 0 Å². The molecular formula is C13H9N4. The van der Waals surface area contributed by atoms with Crippen LogP contribution >= 0.6 is 0 Å². The molecule has 1 radical (unpaired) electrons. The lowest BCUT2D eigenvalue weighted by Crippen LogP contribution is -1.86. The van der Waals surface area contributed by atoms with Gasteiger partial charge in [0.1, 0.15) is 0 Å². The first-order valence-corrected chi connectivity index (χ1v) is 5.25. The van der Waals surface area contributed by atoms with Crippen LogP contribution in [0, 0.1) is 6.07 Å². The van der Waals surface area contributed by atoms with Crippen molar-refractivity contribution in [2.45, 2.75) is 0 Å². The summed E-state index contributed by atoms with van der Waals surface area (Å²) >= 11 is 0. The van der Waals surface area contributed by atoms with E-state index in [1.807, 2.05) is 48.5 Å². The van der Waals surface area contributed by atoms with Gasteiger partial charge in [-0.05, 0) is 27.6 Å². The number of nitrogens with one attached hydrogen (secondary N) is 1. The summed E-state index contributed by atoms with van der Waals surface area (Å²) in [4.78, 5) is 0. The van der Waals surface area contributed by atoms with Crippen LogP contribution in [-0.4, -0.2) is 20.6 Å². The Bertz CT molecular complexity index is 602. The molecule has 0 unspecified atom stereocenters. The molecule has 81 valence electrons. The molecule has 3 aromatic rings. The Morgan fingerprint density at radius 1 is 0.941 bits per heavy atom. The minimum atomic E-state index is 0.674. The molecule has 0 saturated heterocycles. The highest BCUT2D eigenvalue weighted by molar-refractivity contribution is 5.80. The molecule has 1 heterocycles. The zero-order valence-electron chi connectivity index (χ0n) is 8.96. The fourth-order valence-corrected chi connectivity index (χ4v) is 1.78. The van der Waals surface area contributed by atoms with Gasteiger partial charge in [-0.1, -0.05) is 48.5 Å². The average molecular weight is 221 g/mol. The lowest BCUT2D eigenvalue weighted by Gasteiger charge is -2.06. The van der Waals surface area contributed by atoms with Crippen LogP contribution in [0.4, 0.5) is 0 Å². The fraction of sp³-hybridized carbons (Fsp3) is 0. The van der Waals surface area contributed by atoms with E-state index in [0.717, 1.165) is 16.7 Å². The number of nitrogens with zero attached hydrogens (tertiary/aromatic N) is 3. The number of tetrazole rings is 1. The lowest BCUT2D eigenvalue weighted by atomic mass is 9.99. The highest BCUT2D eigenvalue weighted by Crippen LogP contribution is 2.28. The summed E-state index contributed by atoms with van der Waals surface area (Å²) in [5.41, 5.74) is 3.21. The minimum Gasteiger partial charge on any atom is -0.239 e. The maximum absolute atomic E-state index is 3.95. The van der Waals surface area contributed by atoms with Crippen LogP contribution in [-0.2, 0) is 0 Å². The third-order valence-corrected chi connectivity index (χ3v) is 2.56. The fourth-order valence-electron chi connectivity index (χ4n) is 1.78. The van der Waals surface area contributed by atoms with Crippen molar-refractivity contribution < 1.29 is 0 Å². The van der Waals surface area contributed by atoms with Crippen LogP contribution in [0.3, 0.4) is 0 Å². The van der Waals surface area contributed by atoms with E-state index in [9.17, 15) is 0 Å². The zero-order valence-corrected chi connectivity index (χ0v) is 8.96. The predicted octanol–water partition coefficient (Wildman–Crippen LogP) is 2.33. The molecular weight excluding hydrogens is 212 g/mol.